The van der Waals surface area contributed by atoms with E-state index in [9.17, 15) is 14.4 Å². The lowest BCUT2D eigenvalue weighted by Crippen LogP contribution is -2.47. The fourth-order valence-electron chi connectivity index (χ4n) is 5.86. The van der Waals surface area contributed by atoms with Crippen molar-refractivity contribution in [2.75, 3.05) is 49.3 Å². The van der Waals surface area contributed by atoms with Crippen molar-refractivity contribution in [2.24, 2.45) is 0 Å². The summed E-state index contributed by atoms with van der Waals surface area (Å²) in [5.41, 5.74) is 3.65. The van der Waals surface area contributed by atoms with Crippen molar-refractivity contribution in [2.45, 2.75) is 38.5 Å². The van der Waals surface area contributed by atoms with Crippen molar-refractivity contribution in [3.8, 4) is 0 Å². The van der Waals surface area contributed by atoms with E-state index in [1.165, 1.54) is 16.5 Å². The molecule has 3 aromatic carbocycles. The minimum absolute atomic E-state index is 0.0848. The van der Waals surface area contributed by atoms with Gasteiger partial charge in [-0.25, -0.2) is 4.68 Å². The molecular formula is C33H36N6O5. The van der Waals surface area contributed by atoms with Crippen molar-refractivity contribution in [1.29, 1.82) is 0 Å². The lowest BCUT2D eigenvalue weighted by molar-refractivity contribution is -0.127. The molecule has 11 nitrogen and oxygen atoms in total. The van der Waals surface area contributed by atoms with Gasteiger partial charge in [-0.05, 0) is 61.7 Å². The van der Waals surface area contributed by atoms with Crippen molar-refractivity contribution >= 4 is 40.0 Å². The Hall–Kier alpha value is -4.61. The molecule has 1 aromatic heterocycles. The lowest BCUT2D eigenvalue weighted by atomic mass is 9.99. The molecule has 2 aliphatic rings. The molecule has 2 aliphatic heterocycles. The van der Waals surface area contributed by atoms with Crippen LogP contribution in [0.5, 0.6) is 0 Å². The number of rotatable bonds is 10. The fourth-order valence-corrected chi connectivity index (χ4v) is 5.86. The summed E-state index contributed by atoms with van der Waals surface area (Å²) in [6, 6.07) is 20.9. The van der Waals surface area contributed by atoms with Crippen LogP contribution in [0.25, 0.3) is 11.0 Å². The number of fused-ring (bicyclic) bond motifs is 1. The molecule has 44 heavy (non-hydrogen) atoms. The Morgan fingerprint density at radius 2 is 1.73 bits per heavy atom. The van der Waals surface area contributed by atoms with Gasteiger partial charge in [0.2, 0.25) is 11.8 Å². The average molecular weight is 597 g/mol. The zero-order valence-electron chi connectivity index (χ0n) is 24.7. The molecule has 0 radical (unpaired) electrons. The first-order valence-corrected chi connectivity index (χ1v) is 15.0. The number of nitrogens with one attached hydrogen (secondary N) is 1. The van der Waals surface area contributed by atoms with E-state index in [1.807, 2.05) is 48.5 Å². The molecule has 0 saturated carbocycles. The Labute approximate surface area is 255 Å². The van der Waals surface area contributed by atoms with Crippen molar-refractivity contribution in [3.05, 3.63) is 83.9 Å². The molecule has 4 aromatic rings. The smallest absolute Gasteiger partial charge is 0.249 e. The quantitative estimate of drug-likeness (QED) is 0.276. The number of para-hydroxylation sites is 2. The van der Waals surface area contributed by atoms with Crippen LogP contribution >= 0.6 is 0 Å². The van der Waals surface area contributed by atoms with Crippen molar-refractivity contribution in [3.63, 3.8) is 0 Å². The summed E-state index contributed by atoms with van der Waals surface area (Å²) in [6.07, 6.45) is 1.71. The van der Waals surface area contributed by atoms with Crippen LogP contribution in [0.15, 0.2) is 72.8 Å². The third-order valence-corrected chi connectivity index (χ3v) is 8.14. The Morgan fingerprint density at radius 3 is 2.48 bits per heavy atom. The first-order valence-electron chi connectivity index (χ1n) is 15.0. The molecule has 0 bridgehead atoms. The van der Waals surface area contributed by atoms with Gasteiger partial charge in [0.1, 0.15) is 18.1 Å². The summed E-state index contributed by atoms with van der Waals surface area (Å²) in [6.45, 7) is 5.10. The number of ether oxygens (including phenoxy) is 2. The number of anilines is 2. The largest absolute Gasteiger partial charge is 0.378 e. The van der Waals surface area contributed by atoms with Gasteiger partial charge in [0.15, 0.2) is 5.78 Å². The van der Waals surface area contributed by atoms with Gasteiger partial charge in [-0.2, -0.15) is 0 Å². The van der Waals surface area contributed by atoms with Crippen LogP contribution in [-0.4, -0.2) is 78.2 Å². The van der Waals surface area contributed by atoms with E-state index in [0.717, 1.165) is 31.6 Å². The van der Waals surface area contributed by atoms with E-state index in [0.29, 0.717) is 54.2 Å². The Bertz CT molecular complexity index is 1630. The van der Waals surface area contributed by atoms with Crippen LogP contribution in [0.2, 0.25) is 0 Å². The average Bonchev–Trinajstić information content (AvgIpc) is 3.73. The lowest BCUT2D eigenvalue weighted by Gasteiger charge is -2.33. The number of hydrogen-bond donors (Lipinski definition) is 1. The molecule has 2 fully saturated rings. The topological polar surface area (TPSA) is 119 Å². The van der Waals surface area contributed by atoms with Crippen LogP contribution in [0.1, 0.15) is 41.7 Å². The fraction of sp³-hybridized carbons (Fsp3) is 0.364. The number of amides is 2. The van der Waals surface area contributed by atoms with Gasteiger partial charge < -0.3 is 19.7 Å². The number of Topliss-reactive ketones (excluding diaryl/α,β-unsaturated/α-hetero) is 1. The van der Waals surface area contributed by atoms with Crippen molar-refractivity contribution in [1.82, 2.24) is 20.3 Å². The number of aromatic nitrogens is 3. The summed E-state index contributed by atoms with van der Waals surface area (Å²) >= 11 is 0. The van der Waals surface area contributed by atoms with E-state index in [4.69, 9.17) is 9.47 Å². The van der Waals surface area contributed by atoms with Gasteiger partial charge in [0, 0.05) is 37.5 Å². The second-order valence-electron chi connectivity index (χ2n) is 11.0. The number of nitrogens with zero attached hydrogens (tertiary/aromatic N) is 5. The molecule has 11 heteroatoms. The molecule has 2 unspecified atom stereocenters. The van der Waals surface area contributed by atoms with Crippen LogP contribution in [0.3, 0.4) is 0 Å². The van der Waals surface area contributed by atoms with Crippen LogP contribution in [0.4, 0.5) is 11.4 Å². The van der Waals surface area contributed by atoms with Gasteiger partial charge in [0.25, 0.3) is 0 Å². The van der Waals surface area contributed by atoms with E-state index >= 15 is 0 Å². The van der Waals surface area contributed by atoms with Gasteiger partial charge in [0.05, 0.1) is 30.5 Å². The second-order valence-corrected chi connectivity index (χ2v) is 11.0. The highest BCUT2D eigenvalue weighted by molar-refractivity contribution is 6.08. The first-order chi connectivity index (χ1) is 21.5. The van der Waals surface area contributed by atoms with Crippen LogP contribution in [0, 0.1) is 0 Å². The number of morpholine rings is 1. The van der Waals surface area contributed by atoms with Gasteiger partial charge in [-0.15, -0.1) is 5.10 Å². The molecule has 2 saturated heterocycles. The summed E-state index contributed by atoms with van der Waals surface area (Å²) in [7, 11) is 0. The molecule has 228 valence electrons. The Balaban J connectivity index is 1.41. The second kappa shape index (κ2) is 13.4. The minimum atomic E-state index is -1.07. The highest BCUT2D eigenvalue weighted by Gasteiger charge is 2.35. The Kier molecular flexibility index (Phi) is 8.94. The van der Waals surface area contributed by atoms with E-state index in [2.05, 4.69) is 20.5 Å². The van der Waals surface area contributed by atoms with E-state index < -0.39 is 11.9 Å². The van der Waals surface area contributed by atoms with Crippen LogP contribution in [-0.2, 0) is 25.6 Å². The number of benzene rings is 3. The molecular weight excluding hydrogens is 560 g/mol. The van der Waals surface area contributed by atoms with Crippen molar-refractivity contribution < 1.29 is 23.9 Å². The molecule has 0 aliphatic carbocycles. The van der Waals surface area contributed by atoms with Gasteiger partial charge >= 0.3 is 0 Å². The van der Waals surface area contributed by atoms with E-state index in [-0.39, 0.29) is 24.3 Å². The highest BCUT2D eigenvalue weighted by Crippen LogP contribution is 2.33. The van der Waals surface area contributed by atoms with Gasteiger partial charge in [-0.3, -0.25) is 19.3 Å². The molecule has 1 N–H and O–H groups in total. The number of carbonyl (C=O) groups is 3. The summed E-state index contributed by atoms with van der Waals surface area (Å²) < 4.78 is 12.8. The maximum atomic E-state index is 14.4. The highest BCUT2D eigenvalue weighted by atomic mass is 16.5. The zero-order valence-corrected chi connectivity index (χ0v) is 24.7. The molecule has 6 rings (SSSR count). The molecule has 0 spiro atoms. The molecule has 2 atom stereocenters. The maximum Gasteiger partial charge on any atom is 0.249 e. The molecule has 2 amide bonds. The third-order valence-electron chi connectivity index (χ3n) is 8.14. The normalized spacial score (nSPS) is 17.4. The summed E-state index contributed by atoms with van der Waals surface area (Å²) in [5.74, 6) is -0.996. The summed E-state index contributed by atoms with van der Waals surface area (Å²) in [4.78, 5) is 45.1. The van der Waals surface area contributed by atoms with Crippen LogP contribution < -0.4 is 15.1 Å². The number of ketones is 1. The Morgan fingerprint density at radius 1 is 0.977 bits per heavy atom. The number of hydrogen-bond acceptors (Lipinski definition) is 8. The third kappa shape index (κ3) is 6.34. The maximum absolute atomic E-state index is 14.4. The van der Waals surface area contributed by atoms with Gasteiger partial charge in [-0.1, -0.05) is 41.6 Å². The predicted molar refractivity (Wildman–Crippen MR) is 166 cm³/mol. The predicted octanol–water partition coefficient (Wildman–Crippen LogP) is 3.54. The molecule has 3 heterocycles. The first kappa shape index (κ1) is 29.5. The number of carbonyl (C=O) groups excluding carboxylic acids is 3. The monoisotopic (exact) mass is 596 g/mol. The minimum Gasteiger partial charge on any atom is -0.378 e. The summed E-state index contributed by atoms with van der Waals surface area (Å²) in [5, 5.41) is 11.5. The van der Waals surface area contributed by atoms with E-state index in [1.54, 1.807) is 24.3 Å². The zero-order chi connectivity index (χ0) is 30.5. The standard InChI is InChI=1S/C33H36N6O5/c1-23(40)27-8-2-4-10-29(27)39(31(41)22-38-30-11-5-3-9-28(30)35-36-38)32(33(42)34-21-26-7-6-18-44-26)24-12-14-25(15-13-24)37-16-19-43-20-17-37/h2-5,8-15,26,32H,6-7,16-22H2,1H3,(H,34,42). The SMILES string of the molecule is CC(=O)c1ccccc1N(C(=O)Cn1nnc2ccccc21)C(C(=O)NCC1CCCO1)c1ccc(N2CCOCC2)cc1.